The Morgan fingerprint density at radius 2 is 1.64 bits per heavy atom. The molecule has 0 fully saturated rings. The smallest absolute Gasteiger partial charge is 0.239 e. The average Bonchev–Trinajstić information content (AvgIpc) is 2.57. The van der Waals surface area contributed by atoms with Gasteiger partial charge in [-0.15, -0.1) is 0 Å². The molecule has 25 heavy (non-hydrogen) atoms. The van der Waals surface area contributed by atoms with E-state index in [1.54, 1.807) is 26.0 Å². The molecular weight excluding hydrogens is 359 g/mol. The normalized spacial score (nSPS) is 12.4. The molecular formula is C19H20Cl2N2O2. The number of benzene rings is 2. The molecule has 0 aliphatic carbocycles. The first-order valence-electron chi connectivity index (χ1n) is 7.84. The highest BCUT2D eigenvalue weighted by atomic mass is 35.5. The van der Waals surface area contributed by atoms with Crippen LogP contribution in [0.25, 0.3) is 0 Å². The third-order valence-electron chi connectivity index (χ3n) is 3.96. The molecule has 0 spiro atoms. The Balaban J connectivity index is 2.08. The van der Waals surface area contributed by atoms with Crippen molar-refractivity contribution in [2.24, 2.45) is 5.41 Å². The molecule has 2 rings (SSSR count). The van der Waals surface area contributed by atoms with E-state index in [0.717, 1.165) is 5.56 Å². The molecule has 1 atom stereocenters. The summed E-state index contributed by atoms with van der Waals surface area (Å²) in [5.41, 5.74) is 0.104. The summed E-state index contributed by atoms with van der Waals surface area (Å²) >= 11 is 11.9. The van der Waals surface area contributed by atoms with Crippen LogP contribution in [0.4, 0.5) is 5.69 Å². The molecule has 0 heterocycles. The predicted octanol–water partition coefficient (Wildman–Crippen LogP) is 4.84. The summed E-state index contributed by atoms with van der Waals surface area (Å²) in [5.74, 6) is -0.819. The predicted molar refractivity (Wildman–Crippen MR) is 102 cm³/mol. The number of carbonyl (C=O) groups is 2. The minimum Gasteiger partial charge on any atom is -0.349 e. The third-order valence-corrected chi connectivity index (χ3v) is 4.51. The number of hydrogen-bond donors (Lipinski definition) is 2. The number of anilines is 1. The molecule has 4 nitrogen and oxygen atoms in total. The van der Waals surface area contributed by atoms with Crippen LogP contribution < -0.4 is 10.6 Å². The maximum absolute atomic E-state index is 12.6. The van der Waals surface area contributed by atoms with E-state index < -0.39 is 11.3 Å². The lowest BCUT2D eigenvalue weighted by Gasteiger charge is -2.25. The fourth-order valence-electron chi connectivity index (χ4n) is 2.17. The second-order valence-electron chi connectivity index (χ2n) is 6.31. The van der Waals surface area contributed by atoms with Gasteiger partial charge in [0.1, 0.15) is 5.41 Å². The van der Waals surface area contributed by atoms with Crippen LogP contribution in [0.3, 0.4) is 0 Å². The molecule has 0 saturated heterocycles. The minimum absolute atomic E-state index is 0.208. The Morgan fingerprint density at radius 3 is 2.24 bits per heavy atom. The van der Waals surface area contributed by atoms with Gasteiger partial charge in [-0.05, 0) is 44.5 Å². The molecule has 0 bridgehead atoms. The van der Waals surface area contributed by atoms with Crippen molar-refractivity contribution in [3.63, 3.8) is 0 Å². The first-order chi connectivity index (χ1) is 11.7. The zero-order valence-electron chi connectivity index (χ0n) is 14.3. The van der Waals surface area contributed by atoms with E-state index in [-0.39, 0.29) is 11.9 Å². The van der Waals surface area contributed by atoms with Gasteiger partial charge in [0.15, 0.2) is 0 Å². The lowest BCUT2D eigenvalue weighted by atomic mass is 9.90. The van der Waals surface area contributed by atoms with E-state index in [9.17, 15) is 9.59 Å². The van der Waals surface area contributed by atoms with Crippen molar-refractivity contribution >= 4 is 40.7 Å². The Hall–Kier alpha value is -2.04. The fourth-order valence-corrected chi connectivity index (χ4v) is 2.63. The van der Waals surface area contributed by atoms with Gasteiger partial charge in [-0.25, -0.2) is 0 Å². The minimum atomic E-state index is -1.27. The molecule has 132 valence electrons. The second kappa shape index (κ2) is 7.89. The lowest BCUT2D eigenvalue weighted by Crippen LogP contribution is -2.45. The molecule has 1 unspecified atom stereocenters. The molecule has 2 N–H and O–H groups in total. The Morgan fingerprint density at radius 1 is 1.00 bits per heavy atom. The highest BCUT2D eigenvalue weighted by Crippen LogP contribution is 2.28. The monoisotopic (exact) mass is 378 g/mol. The maximum Gasteiger partial charge on any atom is 0.239 e. The summed E-state index contributed by atoms with van der Waals surface area (Å²) in [4.78, 5) is 25.2. The SMILES string of the molecule is CC(NC(=O)C(C)(C)C(=O)Nc1ccc(Cl)cc1Cl)c1ccccc1. The standard InChI is InChI=1S/C19H20Cl2N2O2/c1-12(13-7-5-4-6-8-13)22-17(24)19(2,3)18(25)23-16-10-9-14(20)11-15(16)21/h4-12H,1-3H3,(H,22,24)(H,23,25). The summed E-state index contributed by atoms with van der Waals surface area (Å²) in [6.07, 6.45) is 0. The summed E-state index contributed by atoms with van der Waals surface area (Å²) in [7, 11) is 0. The van der Waals surface area contributed by atoms with Gasteiger partial charge in [0, 0.05) is 5.02 Å². The van der Waals surface area contributed by atoms with E-state index >= 15 is 0 Å². The van der Waals surface area contributed by atoms with Crippen molar-refractivity contribution in [2.75, 3.05) is 5.32 Å². The molecule has 0 saturated carbocycles. The molecule has 6 heteroatoms. The van der Waals surface area contributed by atoms with Crippen LogP contribution in [-0.4, -0.2) is 11.8 Å². The van der Waals surface area contributed by atoms with E-state index in [2.05, 4.69) is 10.6 Å². The van der Waals surface area contributed by atoms with E-state index in [4.69, 9.17) is 23.2 Å². The van der Waals surface area contributed by atoms with Crippen LogP contribution in [0.1, 0.15) is 32.4 Å². The molecule has 2 aromatic rings. The summed E-state index contributed by atoms with van der Waals surface area (Å²) in [6, 6.07) is 14.1. The van der Waals surface area contributed by atoms with E-state index in [0.29, 0.717) is 15.7 Å². The summed E-state index contributed by atoms with van der Waals surface area (Å²) < 4.78 is 0. The first-order valence-corrected chi connectivity index (χ1v) is 8.60. The van der Waals surface area contributed by atoms with E-state index in [1.165, 1.54) is 6.07 Å². The quantitative estimate of drug-likeness (QED) is 0.731. The first kappa shape index (κ1) is 19.3. The topological polar surface area (TPSA) is 58.2 Å². The summed E-state index contributed by atoms with van der Waals surface area (Å²) in [5, 5.41) is 6.34. The molecule has 0 radical (unpaired) electrons. The van der Waals surface area contributed by atoms with Crippen LogP contribution in [0, 0.1) is 5.41 Å². The van der Waals surface area contributed by atoms with Crippen molar-refractivity contribution in [3.05, 3.63) is 64.1 Å². The molecule has 2 aromatic carbocycles. The zero-order valence-corrected chi connectivity index (χ0v) is 15.8. The van der Waals surface area contributed by atoms with Gasteiger partial charge in [-0.3, -0.25) is 9.59 Å². The highest BCUT2D eigenvalue weighted by molar-refractivity contribution is 6.36. The molecule has 0 aliphatic heterocycles. The maximum atomic E-state index is 12.6. The average molecular weight is 379 g/mol. The Labute approximate surface area is 157 Å². The zero-order chi connectivity index (χ0) is 18.6. The number of nitrogens with one attached hydrogen (secondary N) is 2. The van der Waals surface area contributed by atoms with Crippen molar-refractivity contribution in [1.82, 2.24) is 5.32 Å². The highest BCUT2D eigenvalue weighted by Gasteiger charge is 2.37. The molecule has 0 aromatic heterocycles. The number of rotatable bonds is 5. The van der Waals surface area contributed by atoms with Crippen LogP contribution in [0.2, 0.25) is 10.0 Å². The number of carbonyl (C=O) groups excluding carboxylic acids is 2. The Bertz CT molecular complexity index is 776. The van der Waals surface area contributed by atoms with Crippen LogP contribution in [0.5, 0.6) is 0 Å². The second-order valence-corrected chi connectivity index (χ2v) is 7.15. The van der Waals surface area contributed by atoms with Crippen molar-refractivity contribution in [3.8, 4) is 0 Å². The number of hydrogen-bond acceptors (Lipinski definition) is 2. The van der Waals surface area contributed by atoms with Gasteiger partial charge in [-0.2, -0.15) is 0 Å². The van der Waals surface area contributed by atoms with Crippen LogP contribution >= 0.6 is 23.2 Å². The summed E-state index contributed by atoms with van der Waals surface area (Å²) in [6.45, 7) is 5.01. The Kier molecular flexibility index (Phi) is 6.09. The van der Waals surface area contributed by atoms with Gasteiger partial charge in [0.25, 0.3) is 0 Å². The largest absolute Gasteiger partial charge is 0.349 e. The number of amides is 2. The van der Waals surface area contributed by atoms with Gasteiger partial charge in [-0.1, -0.05) is 53.5 Å². The van der Waals surface area contributed by atoms with Crippen LogP contribution in [0.15, 0.2) is 48.5 Å². The fraction of sp³-hybridized carbons (Fsp3) is 0.263. The van der Waals surface area contributed by atoms with Crippen molar-refractivity contribution in [2.45, 2.75) is 26.8 Å². The molecule has 2 amide bonds. The third kappa shape index (κ3) is 4.74. The van der Waals surface area contributed by atoms with E-state index in [1.807, 2.05) is 37.3 Å². The number of halogens is 2. The van der Waals surface area contributed by atoms with Crippen LogP contribution in [-0.2, 0) is 9.59 Å². The van der Waals surface area contributed by atoms with Gasteiger partial charge in [0.05, 0.1) is 16.8 Å². The lowest BCUT2D eigenvalue weighted by molar-refractivity contribution is -0.138. The van der Waals surface area contributed by atoms with Gasteiger partial charge in [0.2, 0.25) is 11.8 Å². The van der Waals surface area contributed by atoms with Crippen molar-refractivity contribution in [1.29, 1.82) is 0 Å². The van der Waals surface area contributed by atoms with Gasteiger partial charge >= 0.3 is 0 Å². The van der Waals surface area contributed by atoms with Gasteiger partial charge < -0.3 is 10.6 Å². The van der Waals surface area contributed by atoms with Crippen molar-refractivity contribution < 1.29 is 9.59 Å². The molecule has 0 aliphatic rings.